The molecular weight excluding hydrogens is 273 g/mol. The van der Waals surface area contributed by atoms with Gasteiger partial charge in [-0.25, -0.2) is 14.4 Å². The predicted octanol–water partition coefficient (Wildman–Crippen LogP) is 1.39. The highest BCUT2D eigenvalue weighted by Gasteiger charge is 2.17. The Morgan fingerprint density at radius 3 is 2.71 bits per heavy atom. The van der Waals surface area contributed by atoms with Crippen molar-refractivity contribution in [1.29, 1.82) is 0 Å². The third kappa shape index (κ3) is 2.17. The molecule has 0 radical (unpaired) electrons. The molecule has 5 N–H and O–H groups in total. The average molecular weight is 287 g/mol. The minimum absolute atomic E-state index is 0.0582. The third-order valence-corrected chi connectivity index (χ3v) is 3.31. The molecule has 0 aliphatic rings. The molecule has 0 saturated heterocycles. The predicted molar refractivity (Wildman–Crippen MR) is 78.8 cm³/mol. The van der Waals surface area contributed by atoms with Gasteiger partial charge in [0.15, 0.2) is 0 Å². The number of benzene rings is 1. The molecule has 0 unspecified atom stereocenters. The minimum atomic E-state index is -0.443. The van der Waals surface area contributed by atoms with Gasteiger partial charge in [-0.3, -0.25) is 0 Å². The van der Waals surface area contributed by atoms with Gasteiger partial charge in [-0.2, -0.15) is 0 Å². The van der Waals surface area contributed by atoms with Crippen molar-refractivity contribution >= 4 is 22.5 Å². The summed E-state index contributed by atoms with van der Waals surface area (Å²) < 4.78 is 15.9. The van der Waals surface area contributed by atoms with Crippen molar-refractivity contribution in [2.75, 3.05) is 18.1 Å². The number of aliphatic hydroxyl groups excluding tert-OH is 1. The molecule has 0 spiro atoms. The Morgan fingerprint density at radius 2 is 2.00 bits per heavy atom. The van der Waals surface area contributed by atoms with Crippen LogP contribution >= 0.6 is 0 Å². The van der Waals surface area contributed by atoms with Crippen molar-refractivity contribution in [1.82, 2.24) is 14.5 Å². The fourth-order valence-corrected chi connectivity index (χ4v) is 2.38. The highest BCUT2D eigenvalue weighted by Crippen LogP contribution is 2.34. The van der Waals surface area contributed by atoms with Gasteiger partial charge < -0.3 is 21.1 Å². The molecule has 2 aromatic heterocycles. The average Bonchev–Trinajstić information content (AvgIpc) is 2.80. The number of nitrogens with two attached hydrogens (primary N) is 2. The van der Waals surface area contributed by atoms with Gasteiger partial charge >= 0.3 is 0 Å². The lowest BCUT2D eigenvalue weighted by atomic mass is 10.1. The van der Waals surface area contributed by atoms with Crippen LogP contribution in [0.4, 0.5) is 15.9 Å². The lowest BCUT2D eigenvalue weighted by molar-refractivity contribution is 0.278. The van der Waals surface area contributed by atoms with Gasteiger partial charge in [0.2, 0.25) is 0 Å². The summed E-state index contributed by atoms with van der Waals surface area (Å²) >= 11 is 0. The van der Waals surface area contributed by atoms with Crippen molar-refractivity contribution < 1.29 is 9.50 Å². The van der Waals surface area contributed by atoms with E-state index in [9.17, 15) is 4.39 Å². The first-order valence-electron chi connectivity index (χ1n) is 6.37. The summed E-state index contributed by atoms with van der Waals surface area (Å²) in [6.45, 7) is 0.279. The lowest BCUT2D eigenvalue weighted by Crippen LogP contribution is -2.02. The molecule has 0 atom stereocenters. The number of aliphatic hydroxyl groups is 1. The molecule has 21 heavy (non-hydrogen) atoms. The number of hydrogen-bond donors (Lipinski definition) is 3. The van der Waals surface area contributed by atoms with Crippen molar-refractivity contribution in [2.24, 2.45) is 0 Å². The number of fused-ring (bicyclic) bond motifs is 1. The Kier molecular flexibility index (Phi) is 3.19. The lowest BCUT2D eigenvalue weighted by Gasteiger charge is -2.03. The second kappa shape index (κ2) is 5.02. The Hall–Kier alpha value is -2.67. The molecular formula is C14H14FN5O. The standard InChI is InChI=1S/C14H14FN5O/c15-11-5-8(16)1-2-9(11)10-6-20(3-4-21)14-12(10)13(17)18-7-19-14/h1-2,5-7,21H,3-4,16H2,(H2,17,18,19). The summed E-state index contributed by atoms with van der Waals surface area (Å²) in [5.41, 5.74) is 13.3. The number of rotatable bonds is 3. The van der Waals surface area contributed by atoms with Crippen molar-refractivity contribution in [2.45, 2.75) is 6.54 Å². The normalized spacial score (nSPS) is 11.1. The molecule has 1 aromatic carbocycles. The zero-order valence-corrected chi connectivity index (χ0v) is 11.1. The van der Waals surface area contributed by atoms with E-state index in [0.717, 1.165) is 0 Å². The fraction of sp³-hybridized carbons (Fsp3) is 0.143. The van der Waals surface area contributed by atoms with Crippen molar-refractivity contribution in [3.05, 3.63) is 36.5 Å². The second-order valence-corrected chi connectivity index (χ2v) is 4.66. The number of aromatic nitrogens is 3. The SMILES string of the molecule is Nc1ccc(-c2cn(CCO)c3ncnc(N)c23)c(F)c1. The monoisotopic (exact) mass is 287 g/mol. The van der Waals surface area contributed by atoms with E-state index in [2.05, 4.69) is 9.97 Å². The maximum absolute atomic E-state index is 14.2. The van der Waals surface area contributed by atoms with Crippen LogP contribution in [-0.2, 0) is 6.54 Å². The van der Waals surface area contributed by atoms with Gasteiger partial charge in [0.1, 0.15) is 23.6 Å². The van der Waals surface area contributed by atoms with E-state index in [1.54, 1.807) is 22.9 Å². The van der Waals surface area contributed by atoms with Crippen LogP contribution in [0.2, 0.25) is 0 Å². The van der Waals surface area contributed by atoms with Crippen LogP contribution < -0.4 is 11.5 Å². The largest absolute Gasteiger partial charge is 0.399 e. The van der Waals surface area contributed by atoms with Gasteiger partial charge in [-0.15, -0.1) is 0 Å². The van der Waals surface area contributed by atoms with Crippen LogP contribution in [0, 0.1) is 5.82 Å². The molecule has 3 rings (SSSR count). The Morgan fingerprint density at radius 1 is 1.19 bits per heavy atom. The van der Waals surface area contributed by atoms with Crippen LogP contribution in [0.1, 0.15) is 0 Å². The number of anilines is 2. The summed E-state index contributed by atoms with van der Waals surface area (Å²) in [4.78, 5) is 8.13. The molecule has 0 fully saturated rings. The third-order valence-electron chi connectivity index (χ3n) is 3.31. The smallest absolute Gasteiger partial charge is 0.146 e. The molecule has 7 heteroatoms. The molecule has 108 valence electrons. The van der Waals surface area contributed by atoms with Crippen LogP contribution in [0.15, 0.2) is 30.7 Å². The summed E-state index contributed by atoms with van der Waals surface area (Å²) in [7, 11) is 0. The maximum atomic E-state index is 14.2. The molecule has 0 bridgehead atoms. The maximum Gasteiger partial charge on any atom is 0.146 e. The van der Waals surface area contributed by atoms with E-state index >= 15 is 0 Å². The van der Waals surface area contributed by atoms with Crippen LogP contribution in [0.5, 0.6) is 0 Å². The topological polar surface area (TPSA) is 103 Å². The van der Waals surface area contributed by atoms with E-state index in [0.29, 0.717) is 34.4 Å². The van der Waals surface area contributed by atoms with E-state index in [1.807, 2.05) is 0 Å². The summed E-state index contributed by atoms with van der Waals surface area (Å²) in [6.07, 6.45) is 3.05. The molecule has 0 aliphatic heterocycles. The highest BCUT2D eigenvalue weighted by molar-refractivity contribution is 6.00. The second-order valence-electron chi connectivity index (χ2n) is 4.66. The Labute approximate surface area is 119 Å². The first-order chi connectivity index (χ1) is 10.1. The molecule has 6 nitrogen and oxygen atoms in total. The summed E-state index contributed by atoms with van der Waals surface area (Å²) in [5.74, 6) is -0.177. The number of halogens is 1. The fourth-order valence-electron chi connectivity index (χ4n) is 2.38. The summed E-state index contributed by atoms with van der Waals surface area (Å²) in [6, 6.07) is 4.47. The minimum Gasteiger partial charge on any atom is -0.399 e. The number of nitrogen functional groups attached to an aromatic ring is 2. The molecule has 2 heterocycles. The van der Waals surface area contributed by atoms with E-state index in [4.69, 9.17) is 16.6 Å². The van der Waals surface area contributed by atoms with Gasteiger partial charge in [-0.1, -0.05) is 0 Å². The van der Waals surface area contributed by atoms with Gasteiger partial charge in [0, 0.05) is 29.6 Å². The van der Waals surface area contributed by atoms with Crippen LogP contribution in [-0.4, -0.2) is 26.2 Å². The van der Waals surface area contributed by atoms with Gasteiger partial charge in [0.25, 0.3) is 0 Å². The quantitative estimate of drug-likeness (QED) is 0.632. The molecule has 3 aromatic rings. The molecule has 0 aliphatic carbocycles. The van der Waals surface area contributed by atoms with E-state index in [-0.39, 0.29) is 12.4 Å². The van der Waals surface area contributed by atoms with Crippen molar-refractivity contribution in [3.8, 4) is 11.1 Å². The van der Waals surface area contributed by atoms with Crippen LogP contribution in [0.25, 0.3) is 22.2 Å². The van der Waals surface area contributed by atoms with E-state index < -0.39 is 5.82 Å². The zero-order valence-electron chi connectivity index (χ0n) is 11.1. The zero-order chi connectivity index (χ0) is 15.0. The molecule has 0 saturated carbocycles. The Bertz CT molecular complexity index is 814. The van der Waals surface area contributed by atoms with Gasteiger partial charge in [0.05, 0.1) is 12.0 Å². The molecule has 0 amide bonds. The first kappa shape index (κ1) is 13.3. The van der Waals surface area contributed by atoms with Gasteiger partial charge in [-0.05, 0) is 18.2 Å². The van der Waals surface area contributed by atoms with E-state index in [1.165, 1.54) is 12.4 Å². The first-order valence-corrected chi connectivity index (χ1v) is 6.37. The Balaban J connectivity index is 2.31. The number of hydrogen-bond acceptors (Lipinski definition) is 5. The highest BCUT2D eigenvalue weighted by atomic mass is 19.1. The van der Waals surface area contributed by atoms with Crippen molar-refractivity contribution in [3.63, 3.8) is 0 Å². The summed E-state index contributed by atoms with van der Waals surface area (Å²) in [5, 5.41) is 9.70. The van der Waals surface area contributed by atoms with Crippen LogP contribution in [0.3, 0.4) is 0 Å². The number of nitrogens with zero attached hydrogens (tertiary/aromatic N) is 3.